The van der Waals surface area contributed by atoms with Gasteiger partial charge in [0.15, 0.2) is 6.61 Å². The Labute approximate surface area is 139 Å². The standard InChI is InChI=1S/C18H28N2O3/c1-15(2)16-4-6-17(7-5-16)23-14-18(21)19-8-3-9-20-10-12-22-13-11-20/h4-7,15H,3,8-14H2,1-2H3,(H,19,21)/p+1. The third kappa shape index (κ3) is 6.59. The average Bonchev–Trinajstić information content (AvgIpc) is 2.58. The fraction of sp³-hybridized carbons (Fsp3) is 0.611. The van der Waals surface area contributed by atoms with Crippen LogP contribution < -0.4 is 15.0 Å². The summed E-state index contributed by atoms with van der Waals surface area (Å²) >= 11 is 0. The van der Waals surface area contributed by atoms with E-state index in [0.717, 1.165) is 45.0 Å². The summed E-state index contributed by atoms with van der Waals surface area (Å²) in [5.41, 5.74) is 1.27. The highest BCUT2D eigenvalue weighted by atomic mass is 16.5. The highest BCUT2D eigenvalue weighted by molar-refractivity contribution is 5.77. The lowest BCUT2D eigenvalue weighted by Crippen LogP contribution is -3.14. The van der Waals surface area contributed by atoms with E-state index < -0.39 is 0 Å². The Kier molecular flexibility index (Phi) is 7.36. The Morgan fingerprint density at radius 3 is 2.61 bits per heavy atom. The van der Waals surface area contributed by atoms with Crippen LogP contribution in [-0.2, 0) is 9.53 Å². The van der Waals surface area contributed by atoms with Crippen molar-refractivity contribution in [2.24, 2.45) is 0 Å². The number of hydrogen-bond donors (Lipinski definition) is 2. The molecule has 2 rings (SSSR count). The van der Waals surface area contributed by atoms with E-state index in [1.165, 1.54) is 5.56 Å². The molecule has 0 aliphatic carbocycles. The van der Waals surface area contributed by atoms with E-state index in [4.69, 9.17) is 9.47 Å². The van der Waals surface area contributed by atoms with Crippen LogP contribution in [0.15, 0.2) is 24.3 Å². The molecular weight excluding hydrogens is 292 g/mol. The number of carbonyl (C=O) groups excluding carboxylic acids is 1. The molecule has 5 heteroatoms. The largest absolute Gasteiger partial charge is 0.484 e. The Bertz CT molecular complexity index is 468. The van der Waals surface area contributed by atoms with Gasteiger partial charge in [0.05, 0.1) is 19.8 Å². The normalized spacial score (nSPS) is 15.6. The van der Waals surface area contributed by atoms with Crippen LogP contribution in [0.2, 0.25) is 0 Å². The third-order valence-electron chi connectivity index (χ3n) is 4.15. The predicted molar refractivity (Wildman–Crippen MR) is 90.0 cm³/mol. The molecule has 0 saturated carbocycles. The van der Waals surface area contributed by atoms with Crippen LogP contribution >= 0.6 is 0 Å². The van der Waals surface area contributed by atoms with E-state index in [1.807, 2.05) is 24.3 Å². The molecule has 0 spiro atoms. The molecule has 1 aliphatic heterocycles. The molecule has 1 amide bonds. The van der Waals surface area contributed by atoms with Crippen LogP contribution in [0, 0.1) is 0 Å². The van der Waals surface area contributed by atoms with Crippen molar-refractivity contribution in [3.8, 4) is 5.75 Å². The monoisotopic (exact) mass is 321 g/mol. The van der Waals surface area contributed by atoms with Crippen LogP contribution in [0.1, 0.15) is 31.7 Å². The molecule has 0 aromatic heterocycles. The van der Waals surface area contributed by atoms with Gasteiger partial charge in [-0.25, -0.2) is 0 Å². The molecular formula is C18H29N2O3+. The summed E-state index contributed by atoms with van der Waals surface area (Å²) in [7, 11) is 0. The first-order chi connectivity index (χ1) is 11.1. The molecule has 1 fully saturated rings. The SMILES string of the molecule is CC(C)c1ccc(OCC(=O)NCCC[NH+]2CCOCC2)cc1. The third-order valence-corrected chi connectivity index (χ3v) is 4.15. The second-order valence-electron chi connectivity index (χ2n) is 6.33. The smallest absolute Gasteiger partial charge is 0.257 e. The summed E-state index contributed by atoms with van der Waals surface area (Å²) in [5.74, 6) is 1.18. The van der Waals surface area contributed by atoms with Gasteiger partial charge in [0.25, 0.3) is 5.91 Å². The second kappa shape index (κ2) is 9.53. The molecule has 0 bridgehead atoms. The molecule has 2 N–H and O–H groups in total. The lowest BCUT2D eigenvalue weighted by molar-refractivity contribution is -0.908. The molecule has 0 atom stereocenters. The van der Waals surface area contributed by atoms with Gasteiger partial charge in [-0.05, 0) is 23.6 Å². The molecule has 1 saturated heterocycles. The van der Waals surface area contributed by atoms with Gasteiger partial charge in [0, 0.05) is 13.0 Å². The number of ether oxygens (including phenoxy) is 2. The first-order valence-corrected chi connectivity index (χ1v) is 8.56. The number of benzene rings is 1. The molecule has 5 nitrogen and oxygen atoms in total. The molecule has 0 unspecified atom stereocenters. The minimum atomic E-state index is -0.0603. The van der Waals surface area contributed by atoms with Crippen molar-refractivity contribution in [3.05, 3.63) is 29.8 Å². The van der Waals surface area contributed by atoms with Crippen LogP contribution in [0.4, 0.5) is 0 Å². The van der Waals surface area contributed by atoms with Crippen molar-refractivity contribution in [2.45, 2.75) is 26.2 Å². The first kappa shape index (κ1) is 17.8. The van der Waals surface area contributed by atoms with Gasteiger partial charge < -0.3 is 19.7 Å². The molecule has 1 aliphatic rings. The summed E-state index contributed by atoms with van der Waals surface area (Å²) in [6, 6.07) is 7.93. The summed E-state index contributed by atoms with van der Waals surface area (Å²) in [4.78, 5) is 13.3. The van der Waals surface area contributed by atoms with Gasteiger partial charge in [-0.2, -0.15) is 0 Å². The Hall–Kier alpha value is -1.59. The van der Waals surface area contributed by atoms with Crippen LogP contribution in [0.25, 0.3) is 0 Å². The topological polar surface area (TPSA) is 52.0 Å². The number of quaternary nitrogens is 1. The molecule has 128 valence electrons. The number of amides is 1. The number of carbonyl (C=O) groups is 1. The van der Waals surface area contributed by atoms with Gasteiger partial charge in [-0.3, -0.25) is 4.79 Å². The predicted octanol–water partition coefficient (Wildman–Crippen LogP) is 0.610. The van der Waals surface area contributed by atoms with Crippen molar-refractivity contribution in [2.75, 3.05) is 46.0 Å². The fourth-order valence-electron chi connectivity index (χ4n) is 2.63. The summed E-state index contributed by atoms with van der Waals surface area (Å²) in [6.45, 7) is 10.0. The quantitative estimate of drug-likeness (QED) is 0.690. The zero-order valence-electron chi connectivity index (χ0n) is 14.3. The second-order valence-corrected chi connectivity index (χ2v) is 6.33. The summed E-state index contributed by atoms with van der Waals surface area (Å²) in [5, 5.41) is 2.91. The van der Waals surface area contributed by atoms with E-state index in [1.54, 1.807) is 4.90 Å². The van der Waals surface area contributed by atoms with Crippen molar-refractivity contribution in [1.82, 2.24) is 5.32 Å². The lowest BCUT2D eigenvalue weighted by Gasteiger charge is -2.23. The number of nitrogens with one attached hydrogen (secondary N) is 2. The fourth-order valence-corrected chi connectivity index (χ4v) is 2.63. The molecule has 1 aromatic rings. The van der Waals surface area contributed by atoms with Crippen molar-refractivity contribution >= 4 is 5.91 Å². The Balaban J connectivity index is 1.57. The highest BCUT2D eigenvalue weighted by Gasteiger charge is 2.13. The van der Waals surface area contributed by atoms with E-state index in [9.17, 15) is 4.79 Å². The number of hydrogen-bond acceptors (Lipinski definition) is 3. The minimum absolute atomic E-state index is 0.0603. The Morgan fingerprint density at radius 1 is 1.26 bits per heavy atom. The van der Waals surface area contributed by atoms with E-state index >= 15 is 0 Å². The number of morpholine rings is 1. The zero-order chi connectivity index (χ0) is 16.5. The maximum atomic E-state index is 11.8. The molecule has 23 heavy (non-hydrogen) atoms. The van der Waals surface area contributed by atoms with Crippen LogP contribution in [0.3, 0.4) is 0 Å². The van der Waals surface area contributed by atoms with Gasteiger partial charge >= 0.3 is 0 Å². The van der Waals surface area contributed by atoms with Gasteiger partial charge in [-0.1, -0.05) is 26.0 Å². The van der Waals surface area contributed by atoms with Crippen LogP contribution in [-0.4, -0.2) is 51.9 Å². The zero-order valence-corrected chi connectivity index (χ0v) is 14.3. The van der Waals surface area contributed by atoms with Gasteiger partial charge in [0.2, 0.25) is 0 Å². The molecule has 1 heterocycles. The highest BCUT2D eigenvalue weighted by Crippen LogP contribution is 2.18. The summed E-state index contributed by atoms with van der Waals surface area (Å²) < 4.78 is 10.8. The molecule has 1 aromatic carbocycles. The molecule has 0 radical (unpaired) electrons. The Morgan fingerprint density at radius 2 is 1.96 bits per heavy atom. The maximum absolute atomic E-state index is 11.8. The van der Waals surface area contributed by atoms with E-state index in [2.05, 4.69) is 19.2 Å². The van der Waals surface area contributed by atoms with Crippen LogP contribution in [0.5, 0.6) is 5.75 Å². The lowest BCUT2D eigenvalue weighted by atomic mass is 10.0. The average molecular weight is 321 g/mol. The number of rotatable bonds is 8. The van der Waals surface area contributed by atoms with Crippen molar-refractivity contribution in [1.29, 1.82) is 0 Å². The first-order valence-electron chi connectivity index (χ1n) is 8.56. The van der Waals surface area contributed by atoms with Crippen molar-refractivity contribution < 1.29 is 19.2 Å². The summed E-state index contributed by atoms with van der Waals surface area (Å²) in [6.07, 6.45) is 0.990. The minimum Gasteiger partial charge on any atom is -0.484 e. The van der Waals surface area contributed by atoms with Gasteiger partial charge in [0.1, 0.15) is 18.8 Å². The van der Waals surface area contributed by atoms with E-state index in [0.29, 0.717) is 12.5 Å². The van der Waals surface area contributed by atoms with E-state index in [-0.39, 0.29) is 12.5 Å². The maximum Gasteiger partial charge on any atom is 0.257 e. The van der Waals surface area contributed by atoms with Gasteiger partial charge in [-0.15, -0.1) is 0 Å². The van der Waals surface area contributed by atoms with Crippen molar-refractivity contribution in [3.63, 3.8) is 0 Å².